The molecular formula is C17H19N5O3. The number of benzene rings is 1. The Morgan fingerprint density at radius 2 is 2.24 bits per heavy atom. The van der Waals surface area contributed by atoms with Gasteiger partial charge in [0.15, 0.2) is 11.5 Å². The number of carbonyl (C=O) groups is 1. The number of rotatable bonds is 4. The molecule has 2 heterocycles. The van der Waals surface area contributed by atoms with Gasteiger partial charge in [0.25, 0.3) is 5.91 Å². The summed E-state index contributed by atoms with van der Waals surface area (Å²) in [6, 6.07) is 5.41. The van der Waals surface area contributed by atoms with Gasteiger partial charge < -0.3 is 15.8 Å². The predicted octanol–water partition coefficient (Wildman–Crippen LogP) is 0.345. The third kappa shape index (κ3) is 2.87. The summed E-state index contributed by atoms with van der Waals surface area (Å²) in [5.74, 6) is 0.0835. The molecule has 0 aliphatic carbocycles. The zero-order chi connectivity index (χ0) is 18.0. The molecule has 8 heteroatoms. The van der Waals surface area contributed by atoms with Crippen LogP contribution < -0.4 is 21.5 Å². The molecule has 3 rings (SSSR count). The van der Waals surface area contributed by atoms with E-state index in [9.17, 15) is 10.0 Å². The van der Waals surface area contributed by atoms with E-state index in [1.165, 1.54) is 19.5 Å². The normalized spacial score (nSPS) is 17.9. The van der Waals surface area contributed by atoms with E-state index >= 15 is 0 Å². The number of ether oxygens (including phenoxy) is 1. The summed E-state index contributed by atoms with van der Waals surface area (Å²) in [6.07, 6.45) is 3.73. The van der Waals surface area contributed by atoms with Gasteiger partial charge in [-0.25, -0.2) is 5.06 Å². The minimum atomic E-state index is -0.431. The van der Waals surface area contributed by atoms with Crippen LogP contribution in [0.1, 0.15) is 18.9 Å². The molecule has 4 N–H and O–H groups in total. The highest BCUT2D eigenvalue weighted by Crippen LogP contribution is 2.20. The molecule has 8 nitrogen and oxygen atoms in total. The number of carbonyl (C=O) groups excluding carboxylic acids is 1. The number of hydrogen-bond acceptors (Lipinski definition) is 7. The molecule has 2 aliphatic heterocycles. The second-order valence-corrected chi connectivity index (χ2v) is 5.52. The van der Waals surface area contributed by atoms with Gasteiger partial charge in [0, 0.05) is 28.7 Å². The maximum absolute atomic E-state index is 12.3. The zero-order valence-electron chi connectivity index (χ0n) is 14.0. The van der Waals surface area contributed by atoms with E-state index in [0.29, 0.717) is 34.0 Å². The number of nitrogens with two attached hydrogens (primary N) is 1. The lowest BCUT2D eigenvalue weighted by atomic mass is 10.0. The molecule has 130 valence electrons. The molecule has 2 aliphatic rings. The van der Waals surface area contributed by atoms with Gasteiger partial charge in [0.05, 0.1) is 19.0 Å². The first-order chi connectivity index (χ1) is 12.1. The molecule has 1 amide bonds. The number of hydrogen-bond donors (Lipinski definition) is 3. The van der Waals surface area contributed by atoms with Crippen molar-refractivity contribution in [3.8, 4) is 0 Å². The summed E-state index contributed by atoms with van der Waals surface area (Å²) in [5.41, 5.74) is 7.54. The lowest BCUT2D eigenvalue weighted by molar-refractivity contribution is -0.122. The van der Waals surface area contributed by atoms with Gasteiger partial charge in [-0.3, -0.25) is 10.0 Å². The average Bonchev–Trinajstić information content (AvgIpc) is 3.08. The summed E-state index contributed by atoms with van der Waals surface area (Å²) in [5, 5.41) is 23.0. The van der Waals surface area contributed by atoms with Crippen molar-refractivity contribution in [1.29, 1.82) is 0 Å². The van der Waals surface area contributed by atoms with E-state index < -0.39 is 5.91 Å². The maximum Gasteiger partial charge on any atom is 0.272 e. The highest BCUT2D eigenvalue weighted by atomic mass is 16.5. The summed E-state index contributed by atoms with van der Waals surface area (Å²) < 4.78 is 5.27. The zero-order valence-corrected chi connectivity index (χ0v) is 14.0. The van der Waals surface area contributed by atoms with E-state index in [2.05, 4.69) is 15.5 Å². The summed E-state index contributed by atoms with van der Waals surface area (Å²) >= 11 is 0. The van der Waals surface area contributed by atoms with E-state index in [0.717, 1.165) is 11.5 Å². The van der Waals surface area contributed by atoms with Crippen LogP contribution in [0.15, 0.2) is 46.1 Å². The van der Waals surface area contributed by atoms with Crippen molar-refractivity contribution in [3.63, 3.8) is 0 Å². The Morgan fingerprint density at radius 3 is 2.96 bits per heavy atom. The topological polar surface area (TPSA) is 113 Å². The van der Waals surface area contributed by atoms with Gasteiger partial charge in [0.1, 0.15) is 5.70 Å². The average molecular weight is 341 g/mol. The molecule has 25 heavy (non-hydrogen) atoms. The van der Waals surface area contributed by atoms with Crippen LogP contribution in [-0.4, -0.2) is 29.8 Å². The Hall–Kier alpha value is -3.13. The first kappa shape index (κ1) is 16.7. The highest BCUT2D eigenvalue weighted by Gasteiger charge is 2.24. The number of azo groups is 1. The maximum atomic E-state index is 12.3. The van der Waals surface area contributed by atoms with Gasteiger partial charge in [0.2, 0.25) is 0 Å². The fourth-order valence-corrected chi connectivity index (χ4v) is 2.72. The van der Waals surface area contributed by atoms with Crippen LogP contribution in [0.5, 0.6) is 0 Å². The fourth-order valence-electron chi connectivity index (χ4n) is 2.72. The van der Waals surface area contributed by atoms with Crippen LogP contribution in [0.25, 0.3) is 17.6 Å². The van der Waals surface area contributed by atoms with Gasteiger partial charge in [-0.1, -0.05) is 25.1 Å². The van der Waals surface area contributed by atoms with Crippen LogP contribution >= 0.6 is 0 Å². The molecule has 1 aromatic rings. The first-order valence-electron chi connectivity index (χ1n) is 7.85. The summed E-state index contributed by atoms with van der Waals surface area (Å²) in [7, 11) is 1.53. The fraction of sp³-hybridized carbons (Fsp3) is 0.235. The third-order valence-corrected chi connectivity index (χ3v) is 3.92. The smallest absolute Gasteiger partial charge is 0.272 e. The number of nitrogens with one attached hydrogen (secondary N) is 1. The lowest BCUT2D eigenvalue weighted by Gasteiger charge is -2.23. The standard InChI is InChI=1S/C17H19N5O3/c1-3-7-19-17(23)16-14(18)10-5-4-6-11(12(10)9-22(16)24)15-13(25-2)8-20-21-15/h4-6,8-9,24H,3,7,18H2,1-2H3,(H,19,23). The van der Waals surface area contributed by atoms with E-state index in [-0.39, 0.29) is 11.4 Å². The summed E-state index contributed by atoms with van der Waals surface area (Å²) in [4.78, 5) is 12.3. The molecule has 0 unspecified atom stereocenters. The largest absolute Gasteiger partial charge is 0.493 e. The molecule has 0 saturated carbocycles. The second-order valence-electron chi connectivity index (χ2n) is 5.52. The third-order valence-electron chi connectivity index (χ3n) is 3.92. The molecule has 0 radical (unpaired) electrons. The number of hydroxylamine groups is 2. The molecule has 0 spiro atoms. The Labute approximate surface area is 144 Å². The summed E-state index contributed by atoms with van der Waals surface area (Å²) in [6.45, 7) is 2.44. The van der Waals surface area contributed by atoms with Crippen molar-refractivity contribution in [2.24, 2.45) is 16.0 Å². The SMILES string of the molecule is CCCNC(=O)C1=C(N)c2cccc(=C3N=NC=C3OC)c2=CN1O. The number of nitrogens with zero attached hydrogens (tertiary/aromatic N) is 3. The van der Waals surface area contributed by atoms with E-state index in [1.807, 2.05) is 13.0 Å². The molecule has 0 saturated heterocycles. The minimum Gasteiger partial charge on any atom is -0.493 e. The molecule has 0 fully saturated rings. The first-order valence-corrected chi connectivity index (χ1v) is 7.85. The van der Waals surface area contributed by atoms with Crippen molar-refractivity contribution in [3.05, 3.63) is 51.9 Å². The van der Waals surface area contributed by atoms with Crippen LogP contribution in [0.3, 0.4) is 0 Å². The number of fused-ring (bicyclic) bond motifs is 1. The van der Waals surface area contributed by atoms with Crippen LogP contribution in [0, 0.1) is 0 Å². The van der Waals surface area contributed by atoms with Gasteiger partial charge >= 0.3 is 0 Å². The molecule has 0 aromatic heterocycles. The second kappa shape index (κ2) is 6.78. The Balaban J connectivity index is 2.19. The highest BCUT2D eigenvalue weighted by molar-refractivity contribution is 6.01. The lowest BCUT2D eigenvalue weighted by Crippen LogP contribution is -2.42. The molecular weight excluding hydrogens is 322 g/mol. The van der Waals surface area contributed by atoms with Crippen LogP contribution in [-0.2, 0) is 9.53 Å². The van der Waals surface area contributed by atoms with Crippen molar-refractivity contribution in [2.75, 3.05) is 13.7 Å². The minimum absolute atomic E-state index is 0.00125. The van der Waals surface area contributed by atoms with Crippen LogP contribution in [0.2, 0.25) is 0 Å². The van der Waals surface area contributed by atoms with Crippen molar-refractivity contribution < 1.29 is 14.7 Å². The number of methoxy groups -OCH3 is 1. The van der Waals surface area contributed by atoms with Crippen molar-refractivity contribution in [1.82, 2.24) is 10.4 Å². The van der Waals surface area contributed by atoms with Crippen molar-refractivity contribution >= 4 is 23.5 Å². The van der Waals surface area contributed by atoms with Crippen molar-refractivity contribution in [2.45, 2.75) is 13.3 Å². The van der Waals surface area contributed by atoms with Gasteiger partial charge in [-0.15, -0.1) is 5.11 Å². The molecule has 1 aromatic carbocycles. The molecule has 0 bridgehead atoms. The monoisotopic (exact) mass is 341 g/mol. The Bertz CT molecular complexity index is 930. The van der Waals surface area contributed by atoms with Gasteiger partial charge in [-0.2, -0.15) is 5.11 Å². The van der Waals surface area contributed by atoms with E-state index in [4.69, 9.17) is 10.5 Å². The number of amides is 1. The molecule has 0 atom stereocenters. The Kier molecular flexibility index (Phi) is 4.53. The van der Waals surface area contributed by atoms with Gasteiger partial charge in [-0.05, 0) is 6.42 Å². The predicted molar refractivity (Wildman–Crippen MR) is 91.5 cm³/mol. The van der Waals surface area contributed by atoms with E-state index in [1.54, 1.807) is 12.1 Å². The quantitative estimate of drug-likeness (QED) is 0.731. The Morgan fingerprint density at radius 1 is 1.44 bits per heavy atom. The van der Waals surface area contributed by atoms with Crippen LogP contribution in [0.4, 0.5) is 0 Å².